The summed E-state index contributed by atoms with van der Waals surface area (Å²) in [5, 5.41) is 13.9. The monoisotopic (exact) mass is 219 g/mol. The van der Waals surface area contributed by atoms with Crippen LogP contribution in [0.3, 0.4) is 0 Å². The molecule has 0 aliphatic carbocycles. The van der Waals surface area contributed by atoms with Crippen LogP contribution in [0.1, 0.15) is 6.42 Å². The third kappa shape index (κ3) is 3.94. The van der Waals surface area contributed by atoms with Gasteiger partial charge in [0.2, 0.25) is 5.91 Å². The molecule has 0 fully saturated rings. The van der Waals surface area contributed by atoms with Gasteiger partial charge in [0.25, 0.3) is 0 Å². The predicted molar refractivity (Wildman–Crippen MR) is 60.6 cm³/mol. The molecule has 1 heterocycles. The molecule has 1 aromatic heterocycles. The molecule has 6 nitrogen and oxygen atoms in total. The van der Waals surface area contributed by atoms with Crippen molar-refractivity contribution in [2.75, 3.05) is 23.7 Å². The minimum atomic E-state index is -0.341. The van der Waals surface area contributed by atoms with Crippen molar-refractivity contribution in [1.82, 2.24) is 4.98 Å². The lowest BCUT2D eigenvalue weighted by Gasteiger charge is -2.05. The second-order valence-corrected chi connectivity index (χ2v) is 3.03. The maximum Gasteiger partial charge on any atom is 0.238 e. The summed E-state index contributed by atoms with van der Waals surface area (Å²) in [7, 11) is 0. The lowest BCUT2D eigenvalue weighted by Crippen LogP contribution is -2.14. The maximum absolute atomic E-state index is 11.1. The van der Waals surface area contributed by atoms with Crippen molar-refractivity contribution in [1.29, 1.82) is 5.26 Å². The molecular formula is C10H13N5O. The van der Waals surface area contributed by atoms with Crippen LogP contribution in [0.2, 0.25) is 0 Å². The van der Waals surface area contributed by atoms with Gasteiger partial charge in [-0.15, -0.1) is 0 Å². The van der Waals surface area contributed by atoms with Crippen molar-refractivity contribution in [3.8, 4) is 6.07 Å². The van der Waals surface area contributed by atoms with Crippen molar-refractivity contribution in [2.24, 2.45) is 5.73 Å². The van der Waals surface area contributed by atoms with Crippen LogP contribution in [0.5, 0.6) is 0 Å². The number of anilines is 2. The molecular weight excluding hydrogens is 206 g/mol. The van der Waals surface area contributed by atoms with Gasteiger partial charge in [0, 0.05) is 13.1 Å². The number of amides is 1. The van der Waals surface area contributed by atoms with Gasteiger partial charge in [-0.2, -0.15) is 5.26 Å². The van der Waals surface area contributed by atoms with Gasteiger partial charge in [-0.3, -0.25) is 4.79 Å². The Morgan fingerprint density at radius 2 is 2.38 bits per heavy atom. The average molecular weight is 219 g/mol. The summed E-state index contributed by atoms with van der Waals surface area (Å²) in [4.78, 5) is 15.1. The molecule has 0 atom stereocenters. The zero-order valence-corrected chi connectivity index (χ0v) is 8.73. The number of rotatable bonds is 5. The van der Waals surface area contributed by atoms with E-state index in [0.29, 0.717) is 24.6 Å². The lowest BCUT2D eigenvalue weighted by molar-refractivity contribution is -0.115. The third-order valence-corrected chi connectivity index (χ3v) is 1.74. The molecule has 0 aliphatic rings. The van der Waals surface area contributed by atoms with E-state index >= 15 is 0 Å². The topological polar surface area (TPSA) is 104 Å². The number of nitrogens with two attached hydrogens (primary N) is 1. The van der Waals surface area contributed by atoms with Crippen LogP contribution < -0.4 is 16.4 Å². The molecule has 0 bridgehead atoms. The van der Waals surface area contributed by atoms with Crippen molar-refractivity contribution in [3.05, 3.63) is 18.3 Å². The Hall–Kier alpha value is -2.13. The highest BCUT2D eigenvalue weighted by Gasteiger charge is 2.01. The summed E-state index contributed by atoms with van der Waals surface area (Å²) in [6.45, 7) is 1.18. The summed E-state index contributed by atoms with van der Waals surface area (Å²) in [6, 6.07) is 5.21. The first-order valence-electron chi connectivity index (χ1n) is 4.83. The highest BCUT2D eigenvalue weighted by molar-refractivity contribution is 5.91. The normalized spacial score (nSPS) is 9.25. The van der Waals surface area contributed by atoms with Gasteiger partial charge >= 0.3 is 0 Å². The fraction of sp³-hybridized carbons (Fsp3) is 0.300. The Morgan fingerprint density at radius 3 is 2.94 bits per heavy atom. The largest absolute Gasteiger partial charge is 0.369 e. The lowest BCUT2D eigenvalue weighted by atomic mass is 10.3. The van der Waals surface area contributed by atoms with Crippen molar-refractivity contribution < 1.29 is 4.79 Å². The van der Waals surface area contributed by atoms with E-state index in [4.69, 9.17) is 11.0 Å². The van der Waals surface area contributed by atoms with Crippen molar-refractivity contribution >= 4 is 17.4 Å². The summed E-state index contributed by atoms with van der Waals surface area (Å²) in [5.41, 5.74) is 5.90. The highest BCUT2D eigenvalue weighted by atomic mass is 16.1. The van der Waals surface area contributed by atoms with Crippen LogP contribution in [0.4, 0.5) is 11.5 Å². The number of carbonyl (C=O) groups is 1. The fourth-order valence-electron chi connectivity index (χ4n) is 1.05. The Balaban J connectivity index is 2.51. The van der Waals surface area contributed by atoms with E-state index in [0.717, 1.165) is 0 Å². The number of hydrogen-bond donors (Lipinski definition) is 3. The quantitative estimate of drug-likeness (QED) is 0.661. The molecule has 0 spiro atoms. The molecule has 0 saturated carbocycles. The molecule has 0 aliphatic heterocycles. The molecule has 0 saturated heterocycles. The molecule has 0 radical (unpaired) electrons. The Bertz CT molecular complexity index is 381. The van der Waals surface area contributed by atoms with Crippen LogP contribution >= 0.6 is 0 Å². The highest BCUT2D eigenvalue weighted by Crippen LogP contribution is 2.09. The SMILES string of the molecule is N#CCC(=O)Nc1ccc(NCCN)nc1. The van der Waals surface area contributed by atoms with Gasteiger partial charge in [-0.1, -0.05) is 0 Å². The number of nitrogens with one attached hydrogen (secondary N) is 2. The van der Waals surface area contributed by atoms with E-state index in [1.165, 1.54) is 6.20 Å². The maximum atomic E-state index is 11.1. The second-order valence-electron chi connectivity index (χ2n) is 3.03. The number of nitriles is 1. The van der Waals surface area contributed by atoms with Gasteiger partial charge in [-0.05, 0) is 12.1 Å². The first-order chi connectivity index (χ1) is 7.76. The van der Waals surface area contributed by atoms with Gasteiger partial charge in [0.1, 0.15) is 12.2 Å². The minimum absolute atomic E-state index is 0.160. The van der Waals surface area contributed by atoms with E-state index < -0.39 is 0 Å². The van der Waals surface area contributed by atoms with E-state index in [2.05, 4.69) is 15.6 Å². The number of nitrogens with zero attached hydrogens (tertiary/aromatic N) is 2. The van der Waals surface area contributed by atoms with Crippen molar-refractivity contribution in [2.45, 2.75) is 6.42 Å². The Kier molecular flexibility index (Phi) is 4.76. The Morgan fingerprint density at radius 1 is 1.56 bits per heavy atom. The summed E-state index contributed by atoms with van der Waals surface area (Å²) < 4.78 is 0. The zero-order chi connectivity index (χ0) is 11.8. The first-order valence-corrected chi connectivity index (χ1v) is 4.83. The summed E-state index contributed by atoms with van der Waals surface area (Å²) in [5.74, 6) is 0.357. The van der Waals surface area contributed by atoms with E-state index in [1.807, 2.05) is 0 Å². The van der Waals surface area contributed by atoms with E-state index in [9.17, 15) is 4.79 Å². The molecule has 0 aromatic carbocycles. The van der Waals surface area contributed by atoms with E-state index in [1.54, 1.807) is 18.2 Å². The van der Waals surface area contributed by atoms with Crippen LogP contribution in [0, 0.1) is 11.3 Å². The molecule has 1 aromatic rings. The van der Waals surface area contributed by atoms with Gasteiger partial charge in [0.15, 0.2) is 0 Å². The standard InChI is InChI=1S/C10H13N5O/c11-4-3-10(16)15-8-1-2-9(14-7-8)13-6-5-12/h1-2,7H,3,5-6,12H2,(H,13,14)(H,15,16). The average Bonchev–Trinajstić information content (AvgIpc) is 2.28. The van der Waals surface area contributed by atoms with Crippen LogP contribution in [0.25, 0.3) is 0 Å². The molecule has 84 valence electrons. The molecule has 6 heteroatoms. The zero-order valence-electron chi connectivity index (χ0n) is 8.73. The molecule has 0 unspecified atom stereocenters. The smallest absolute Gasteiger partial charge is 0.238 e. The minimum Gasteiger partial charge on any atom is -0.369 e. The molecule has 1 rings (SSSR count). The molecule has 16 heavy (non-hydrogen) atoms. The predicted octanol–water partition coefficient (Wildman–Crippen LogP) is 0.304. The third-order valence-electron chi connectivity index (χ3n) is 1.74. The second kappa shape index (κ2) is 6.37. The Labute approximate surface area is 93.5 Å². The van der Waals surface area contributed by atoms with E-state index in [-0.39, 0.29) is 12.3 Å². The first kappa shape index (κ1) is 11.9. The van der Waals surface area contributed by atoms with Gasteiger partial charge < -0.3 is 16.4 Å². The van der Waals surface area contributed by atoms with Crippen LogP contribution in [-0.4, -0.2) is 24.0 Å². The van der Waals surface area contributed by atoms with Crippen LogP contribution in [-0.2, 0) is 4.79 Å². The van der Waals surface area contributed by atoms with Gasteiger partial charge in [-0.25, -0.2) is 4.98 Å². The summed E-state index contributed by atoms with van der Waals surface area (Å²) in [6.07, 6.45) is 1.36. The number of carbonyl (C=O) groups excluding carboxylic acids is 1. The number of hydrogen-bond acceptors (Lipinski definition) is 5. The van der Waals surface area contributed by atoms with Gasteiger partial charge in [0.05, 0.1) is 18.0 Å². The molecule has 1 amide bonds. The molecule has 4 N–H and O–H groups in total. The van der Waals surface area contributed by atoms with Crippen molar-refractivity contribution in [3.63, 3.8) is 0 Å². The fourth-order valence-corrected chi connectivity index (χ4v) is 1.05. The number of pyridine rings is 1. The summed E-state index contributed by atoms with van der Waals surface area (Å²) >= 11 is 0. The number of aromatic nitrogens is 1. The van der Waals surface area contributed by atoms with Crippen LogP contribution in [0.15, 0.2) is 18.3 Å².